The van der Waals surface area contributed by atoms with E-state index in [1.165, 1.54) is 7.11 Å². The molecule has 0 unspecified atom stereocenters. The SMILES string of the molecule is COc1ccc(I)cc1S(=O)(=O)NCc1ccccc1. The van der Waals surface area contributed by atoms with Crippen LogP contribution in [0, 0.1) is 3.57 Å². The number of hydrogen-bond acceptors (Lipinski definition) is 3. The summed E-state index contributed by atoms with van der Waals surface area (Å²) in [4.78, 5) is 0.155. The van der Waals surface area contributed by atoms with Gasteiger partial charge in [0.1, 0.15) is 10.6 Å². The van der Waals surface area contributed by atoms with E-state index >= 15 is 0 Å². The third kappa shape index (κ3) is 3.71. The van der Waals surface area contributed by atoms with E-state index in [-0.39, 0.29) is 11.4 Å². The van der Waals surface area contributed by atoms with Crippen molar-refractivity contribution in [3.63, 3.8) is 0 Å². The molecule has 0 spiro atoms. The van der Waals surface area contributed by atoms with Gasteiger partial charge in [0.25, 0.3) is 0 Å². The van der Waals surface area contributed by atoms with Gasteiger partial charge in [-0.2, -0.15) is 0 Å². The summed E-state index contributed by atoms with van der Waals surface area (Å²) in [7, 11) is -2.15. The minimum Gasteiger partial charge on any atom is -0.495 e. The van der Waals surface area contributed by atoms with Gasteiger partial charge >= 0.3 is 0 Å². The lowest BCUT2D eigenvalue weighted by Crippen LogP contribution is -2.23. The number of hydrogen-bond donors (Lipinski definition) is 1. The van der Waals surface area contributed by atoms with Crippen LogP contribution in [0.1, 0.15) is 5.56 Å². The molecule has 6 heteroatoms. The molecule has 0 heterocycles. The second kappa shape index (κ2) is 6.55. The Bertz CT molecular complexity index is 687. The smallest absolute Gasteiger partial charge is 0.244 e. The van der Waals surface area contributed by atoms with Crippen molar-refractivity contribution in [2.24, 2.45) is 0 Å². The van der Waals surface area contributed by atoms with Crippen molar-refractivity contribution in [1.29, 1.82) is 0 Å². The van der Waals surface area contributed by atoms with Gasteiger partial charge in [-0.1, -0.05) is 30.3 Å². The summed E-state index contributed by atoms with van der Waals surface area (Å²) < 4.78 is 33.2. The quantitative estimate of drug-likeness (QED) is 0.782. The molecule has 20 heavy (non-hydrogen) atoms. The summed E-state index contributed by atoms with van der Waals surface area (Å²) in [6.45, 7) is 0.248. The van der Waals surface area contributed by atoms with Crippen LogP contribution in [0.5, 0.6) is 5.75 Å². The number of ether oxygens (including phenoxy) is 1. The van der Waals surface area contributed by atoms with Crippen molar-refractivity contribution in [3.05, 3.63) is 57.7 Å². The summed E-state index contributed by atoms with van der Waals surface area (Å²) in [5.41, 5.74) is 0.903. The number of rotatable bonds is 5. The zero-order chi connectivity index (χ0) is 14.6. The van der Waals surface area contributed by atoms with Crippen LogP contribution in [-0.2, 0) is 16.6 Å². The van der Waals surface area contributed by atoms with Gasteiger partial charge in [-0.3, -0.25) is 0 Å². The predicted octanol–water partition coefficient (Wildman–Crippen LogP) is 2.78. The van der Waals surface area contributed by atoms with E-state index in [4.69, 9.17) is 4.74 Å². The predicted molar refractivity (Wildman–Crippen MR) is 86.2 cm³/mol. The van der Waals surface area contributed by atoms with Crippen LogP contribution in [0.25, 0.3) is 0 Å². The normalized spacial score (nSPS) is 11.3. The summed E-state index contributed by atoms with van der Waals surface area (Å²) in [5, 5.41) is 0. The first-order valence-corrected chi connectivity index (χ1v) is 8.46. The molecule has 0 atom stereocenters. The second-order valence-electron chi connectivity index (χ2n) is 4.11. The zero-order valence-corrected chi connectivity index (χ0v) is 13.8. The van der Waals surface area contributed by atoms with Crippen LogP contribution in [0.3, 0.4) is 0 Å². The monoisotopic (exact) mass is 403 g/mol. The highest BCUT2D eigenvalue weighted by atomic mass is 127. The van der Waals surface area contributed by atoms with Gasteiger partial charge in [-0.15, -0.1) is 0 Å². The van der Waals surface area contributed by atoms with Crippen molar-refractivity contribution in [2.75, 3.05) is 7.11 Å². The van der Waals surface area contributed by atoms with Crippen LogP contribution in [-0.4, -0.2) is 15.5 Å². The maximum atomic E-state index is 12.3. The summed E-state index contributed by atoms with van der Waals surface area (Å²) in [6, 6.07) is 14.4. The first-order chi connectivity index (χ1) is 9.53. The Morgan fingerprint density at radius 2 is 1.85 bits per heavy atom. The standard InChI is InChI=1S/C14H14INO3S/c1-19-13-8-7-12(15)9-14(13)20(17,18)16-10-11-5-3-2-4-6-11/h2-9,16H,10H2,1H3. The van der Waals surface area contributed by atoms with Gasteiger partial charge < -0.3 is 4.74 Å². The Morgan fingerprint density at radius 1 is 1.15 bits per heavy atom. The fourth-order valence-corrected chi connectivity index (χ4v) is 3.63. The molecule has 0 fully saturated rings. The largest absolute Gasteiger partial charge is 0.495 e. The van der Waals surface area contributed by atoms with E-state index in [0.717, 1.165) is 9.13 Å². The van der Waals surface area contributed by atoms with E-state index in [9.17, 15) is 8.42 Å². The molecule has 2 rings (SSSR count). The fourth-order valence-electron chi connectivity index (χ4n) is 1.71. The highest BCUT2D eigenvalue weighted by Crippen LogP contribution is 2.25. The lowest BCUT2D eigenvalue weighted by atomic mass is 10.2. The molecule has 4 nitrogen and oxygen atoms in total. The van der Waals surface area contributed by atoms with Gasteiger partial charge in [-0.05, 0) is 46.4 Å². The van der Waals surface area contributed by atoms with E-state index in [1.54, 1.807) is 18.2 Å². The topological polar surface area (TPSA) is 55.4 Å². The molecule has 0 saturated heterocycles. The van der Waals surface area contributed by atoms with E-state index in [1.807, 2.05) is 30.3 Å². The van der Waals surface area contributed by atoms with Crippen molar-refractivity contribution in [3.8, 4) is 5.75 Å². The number of nitrogens with one attached hydrogen (secondary N) is 1. The van der Waals surface area contributed by atoms with Crippen LogP contribution in [0.2, 0.25) is 0 Å². The first kappa shape index (κ1) is 15.3. The molecule has 0 bridgehead atoms. The van der Waals surface area contributed by atoms with E-state index in [2.05, 4.69) is 27.3 Å². The number of benzene rings is 2. The van der Waals surface area contributed by atoms with Crippen LogP contribution in [0.4, 0.5) is 0 Å². The molecule has 0 saturated carbocycles. The minimum atomic E-state index is -3.60. The van der Waals surface area contributed by atoms with Gasteiger partial charge in [0, 0.05) is 10.1 Å². The Hall–Kier alpha value is -1.12. The van der Waals surface area contributed by atoms with Gasteiger partial charge in [0.05, 0.1) is 7.11 Å². The second-order valence-corrected chi connectivity index (χ2v) is 7.09. The fraction of sp³-hybridized carbons (Fsp3) is 0.143. The summed E-state index contributed by atoms with van der Waals surface area (Å²) in [6.07, 6.45) is 0. The first-order valence-electron chi connectivity index (χ1n) is 5.90. The molecule has 0 aliphatic heterocycles. The maximum Gasteiger partial charge on any atom is 0.244 e. The van der Waals surface area contributed by atoms with Gasteiger partial charge in [0.15, 0.2) is 0 Å². The number of methoxy groups -OCH3 is 1. The lowest BCUT2D eigenvalue weighted by molar-refractivity contribution is 0.402. The van der Waals surface area contributed by atoms with Crippen molar-refractivity contribution in [1.82, 2.24) is 4.72 Å². The molecule has 2 aromatic carbocycles. The molecular formula is C14H14INO3S. The van der Waals surface area contributed by atoms with Crippen LogP contribution < -0.4 is 9.46 Å². The summed E-state index contributed by atoms with van der Waals surface area (Å²) >= 11 is 2.07. The average molecular weight is 403 g/mol. The molecule has 1 N–H and O–H groups in total. The van der Waals surface area contributed by atoms with Crippen molar-refractivity contribution in [2.45, 2.75) is 11.4 Å². The molecule has 2 aromatic rings. The minimum absolute atomic E-state index is 0.155. The lowest BCUT2D eigenvalue weighted by Gasteiger charge is -2.11. The van der Waals surface area contributed by atoms with Crippen LogP contribution >= 0.6 is 22.6 Å². The third-order valence-corrected chi connectivity index (χ3v) is 4.82. The van der Waals surface area contributed by atoms with E-state index in [0.29, 0.717) is 5.75 Å². The maximum absolute atomic E-state index is 12.3. The zero-order valence-electron chi connectivity index (χ0n) is 10.8. The molecule has 0 amide bonds. The van der Waals surface area contributed by atoms with Gasteiger partial charge in [-0.25, -0.2) is 13.1 Å². The Kier molecular flexibility index (Phi) is 5.00. The van der Waals surface area contributed by atoms with Crippen LogP contribution in [0.15, 0.2) is 53.4 Å². The number of sulfonamides is 1. The molecule has 0 radical (unpaired) electrons. The third-order valence-electron chi connectivity index (χ3n) is 2.72. The molecule has 0 aliphatic rings. The molecule has 106 valence electrons. The molecule has 0 aliphatic carbocycles. The Morgan fingerprint density at radius 3 is 2.50 bits per heavy atom. The van der Waals surface area contributed by atoms with Crippen molar-refractivity contribution >= 4 is 32.6 Å². The Labute approximate surface area is 132 Å². The molecular weight excluding hydrogens is 389 g/mol. The Balaban J connectivity index is 2.24. The highest BCUT2D eigenvalue weighted by molar-refractivity contribution is 14.1. The summed E-state index contributed by atoms with van der Waals surface area (Å²) in [5.74, 6) is 0.339. The molecule has 0 aromatic heterocycles. The van der Waals surface area contributed by atoms with Gasteiger partial charge in [0.2, 0.25) is 10.0 Å². The highest BCUT2D eigenvalue weighted by Gasteiger charge is 2.19. The number of halogens is 1. The average Bonchev–Trinajstić information content (AvgIpc) is 2.46. The van der Waals surface area contributed by atoms with Crippen molar-refractivity contribution < 1.29 is 13.2 Å². The van der Waals surface area contributed by atoms with E-state index < -0.39 is 10.0 Å².